The molecule has 3 N–H and O–H groups in total. The highest BCUT2D eigenvalue weighted by molar-refractivity contribution is 6.77. The fourth-order valence-electron chi connectivity index (χ4n) is 4.73. The Labute approximate surface area is 173 Å². The maximum absolute atomic E-state index is 12.3. The van der Waals surface area contributed by atoms with Crippen LogP contribution in [0, 0.1) is 6.92 Å². The molecule has 2 rings (SSSR count). The molecular formula is C20H37N3O5Si. The lowest BCUT2D eigenvalue weighted by atomic mass is 10.1. The third-order valence-corrected chi connectivity index (χ3v) is 12.2. The number of rotatable bonds is 8. The molecule has 1 aromatic rings. The molecule has 8 nitrogen and oxygen atoms in total. The Morgan fingerprint density at radius 3 is 2.34 bits per heavy atom. The first kappa shape index (κ1) is 24.0. The Morgan fingerprint density at radius 2 is 1.83 bits per heavy atom. The van der Waals surface area contributed by atoms with E-state index >= 15 is 0 Å². The van der Waals surface area contributed by atoms with Crippen molar-refractivity contribution in [3.63, 3.8) is 0 Å². The van der Waals surface area contributed by atoms with Crippen molar-refractivity contribution in [3.05, 3.63) is 32.6 Å². The molecule has 0 spiro atoms. The first-order valence-electron chi connectivity index (χ1n) is 10.4. The maximum atomic E-state index is 12.3. The van der Waals surface area contributed by atoms with Gasteiger partial charge in [-0.15, -0.1) is 0 Å². The lowest BCUT2D eigenvalue weighted by Crippen LogP contribution is -2.60. The van der Waals surface area contributed by atoms with Crippen LogP contribution < -0.4 is 16.6 Å². The summed E-state index contributed by atoms with van der Waals surface area (Å²) in [6, 6.07) is 0. The number of ether oxygens (including phenoxy) is 1. The highest BCUT2D eigenvalue weighted by Gasteiger charge is 2.48. The second-order valence-electron chi connectivity index (χ2n) is 9.13. The van der Waals surface area contributed by atoms with E-state index in [2.05, 4.69) is 51.8 Å². The third kappa shape index (κ3) is 4.74. The van der Waals surface area contributed by atoms with Gasteiger partial charge in [0.05, 0.1) is 13.2 Å². The van der Waals surface area contributed by atoms with Crippen LogP contribution in [0.2, 0.25) is 16.6 Å². The number of morpholine rings is 1. The number of hydrogen-bond donors (Lipinski definition) is 3. The van der Waals surface area contributed by atoms with Gasteiger partial charge in [0.15, 0.2) is 14.5 Å². The van der Waals surface area contributed by atoms with Crippen molar-refractivity contribution in [1.82, 2.24) is 14.9 Å². The average Bonchev–Trinajstić information content (AvgIpc) is 2.64. The average molecular weight is 428 g/mol. The van der Waals surface area contributed by atoms with Gasteiger partial charge in [0, 0.05) is 24.8 Å². The molecular weight excluding hydrogens is 390 g/mol. The van der Waals surface area contributed by atoms with Crippen LogP contribution in [0.15, 0.2) is 15.8 Å². The van der Waals surface area contributed by atoms with E-state index in [0.717, 1.165) is 0 Å². The van der Waals surface area contributed by atoms with E-state index in [1.807, 2.05) is 0 Å². The van der Waals surface area contributed by atoms with E-state index in [4.69, 9.17) is 9.16 Å². The van der Waals surface area contributed by atoms with E-state index in [1.165, 1.54) is 10.8 Å². The molecule has 0 radical (unpaired) electrons. The summed E-state index contributed by atoms with van der Waals surface area (Å²) in [4.78, 5) is 26.3. The normalized spacial score (nSPS) is 23.3. The lowest BCUT2D eigenvalue weighted by Gasteiger charge is -2.47. The second-order valence-corrected chi connectivity index (χ2v) is 14.6. The number of aliphatic hydroxyl groups excluding tert-OH is 1. The van der Waals surface area contributed by atoms with Crippen molar-refractivity contribution in [2.24, 2.45) is 0 Å². The van der Waals surface area contributed by atoms with Gasteiger partial charge in [-0.2, -0.15) is 0 Å². The van der Waals surface area contributed by atoms with Crippen LogP contribution in [-0.2, 0) is 9.16 Å². The van der Waals surface area contributed by atoms with Crippen molar-refractivity contribution in [3.8, 4) is 0 Å². The standard InChI is InChI=1S/C20H37N3O5Si/c1-13(2)29(14(3)4,15(5)6)27-12-20(11-24)10-21-8-17(28-20)23-9-16(7)18(25)22-19(23)26/h9,13-15,17,21,24H,8,10-12H2,1-7H3,(H,22,25,26). The summed E-state index contributed by atoms with van der Waals surface area (Å²) in [6.07, 6.45) is 0.854. The molecule has 1 aliphatic heterocycles. The van der Waals surface area contributed by atoms with Crippen molar-refractivity contribution in [1.29, 1.82) is 0 Å². The first-order valence-corrected chi connectivity index (χ1v) is 12.6. The number of nitrogens with zero attached hydrogens (tertiary/aromatic N) is 1. The highest BCUT2D eigenvalue weighted by atomic mass is 28.4. The molecule has 2 heterocycles. The van der Waals surface area contributed by atoms with Crippen LogP contribution in [-0.4, -0.2) is 54.9 Å². The molecule has 29 heavy (non-hydrogen) atoms. The quantitative estimate of drug-likeness (QED) is 0.547. The van der Waals surface area contributed by atoms with Crippen molar-refractivity contribution >= 4 is 8.32 Å². The number of H-pyrrole nitrogens is 1. The Bertz CT molecular complexity index is 782. The van der Waals surface area contributed by atoms with E-state index in [9.17, 15) is 14.7 Å². The molecule has 1 aliphatic rings. The van der Waals surface area contributed by atoms with Crippen LogP contribution >= 0.6 is 0 Å². The number of aromatic nitrogens is 2. The van der Waals surface area contributed by atoms with Gasteiger partial charge in [0.1, 0.15) is 5.60 Å². The van der Waals surface area contributed by atoms with Gasteiger partial charge >= 0.3 is 5.69 Å². The van der Waals surface area contributed by atoms with E-state index in [1.54, 1.807) is 6.92 Å². The molecule has 1 fully saturated rings. The minimum Gasteiger partial charge on any atom is -0.413 e. The van der Waals surface area contributed by atoms with Gasteiger partial charge in [-0.1, -0.05) is 41.5 Å². The van der Waals surface area contributed by atoms with E-state index in [-0.39, 0.29) is 13.2 Å². The number of nitrogens with one attached hydrogen (secondary N) is 2. The predicted octanol–water partition coefficient (Wildman–Crippen LogP) is 1.89. The largest absolute Gasteiger partial charge is 0.413 e. The molecule has 0 saturated carbocycles. The monoisotopic (exact) mass is 427 g/mol. The summed E-state index contributed by atoms with van der Waals surface area (Å²) in [5.41, 5.74) is -0.232. The Kier molecular flexibility index (Phi) is 7.67. The second kappa shape index (κ2) is 9.26. The Hall–Kier alpha value is -1.26. The van der Waals surface area contributed by atoms with Gasteiger partial charge in [0.2, 0.25) is 0 Å². The summed E-state index contributed by atoms with van der Waals surface area (Å²) in [5.74, 6) is 0. The van der Waals surface area contributed by atoms with E-state index < -0.39 is 31.4 Å². The number of hydrogen-bond acceptors (Lipinski definition) is 6. The molecule has 0 bridgehead atoms. The van der Waals surface area contributed by atoms with Crippen LogP contribution in [0.1, 0.15) is 53.3 Å². The molecule has 0 aromatic carbocycles. The predicted molar refractivity (Wildman–Crippen MR) is 116 cm³/mol. The topological polar surface area (TPSA) is 106 Å². The molecule has 1 aromatic heterocycles. The molecule has 166 valence electrons. The number of aryl methyl sites for hydroxylation is 1. The van der Waals surface area contributed by atoms with Crippen LogP contribution in [0.4, 0.5) is 0 Å². The van der Waals surface area contributed by atoms with Crippen molar-refractivity contribution in [2.45, 2.75) is 76.9 Å². The summed E-state index contributed by atoms with van der Waals surface area (Å²) in [7, 11) is -2.14. The maximum Gasteiger partial charge on any atom is 0.330 e. The van der Waals surface area contributed by atoms with Gasteiger partial charge < -0.3 is 19.6 Å². The zero-order chi connectivity index (χ0) is 22.0. The Morgan fingerprint density at radius 1 is 1.24 bits per heavy atom. The lowest BCUT2D eigenvalue weighted by molar-refractivity contribution is -0.182. The Balaban J connectivity index is 2.30. The molecule has 2 unspecified atom stereocenters. The molecule has 0 aliphatic carbocycles. The van der Waals surface area contributed by atoms with Crippen molar-refractivity contribution < 1.29 is 14.3 Å². The van der Waals surface area contributed by atoms with Gasteiger partial charge in [0.25, 0.3) is 5.56 Å². The van der Waals surface area contributed by atoms with Crippen LogP contribution in [0.5, 0.6) is 0 Å². The first-order chi connectivity index (χ1) is 13.5. The smallest absolute Gasteiger partial charge is 0.330 e. The molecule has 2 atom stereocenters. The minimum absolute atomic E-state index is 0.230. The zero-order valence-electron chi connectivity index (χ0n) is 18.7. The van der Waals surface area contributed by atoms with Crippen molar-refractivity contribution in [2.75, 3.05) is 26.3 Å². The zero-order valence-corrected chi connectivity index (χ0v) is 19.7. The van der Waals surface area contributed by atoms with Crippen LogP contribution in [0.3, 0.4) is 0 Å². The summed E-state index contributed by atoms with van der Waals surface area (Å²) < 4.78 is 14.3. The van der Waals surface area contributed by atoms with Gasteiger partial charge in [-0.25, -0.2) is 4.79 Å². The summed E-state index contributed by atoms with van der Waals surface area (Å²) in [5, 5.41) is 13.5. The molecule has 1 saturated heterocycles. The summed E-state index contributed by atoms with van der Waals surface area (Å²) >= 11 is 0. The fourth-order valence-corrected chi connectivity index (χ4v) is 10.2. The SMILES string of the molecule is Cc1cn(C2CNCC(CO)(CO[Si](C(C)C)(C(C)C)C(C)C)O2)c(=O)[nH]c1=O. The number of aliphatic hydroxyl groups is 1. The van der Waals surface area contributed by atoms with Gasteiger partial charge in [-0.05, 0) is 23.5 Å². The van der Waals surface area contributed by atoms with Crippen LogP contribution in [0.25, 0.3) is 0 Å². The van der Waals surface area contributed by atoms with E-state index in [0.29, 0.717) is 35.3 Å². The number of aromatic amines is 1. The third-order valence-electron chi connectivity index (χ3n) is 6.19. The molecule has 0 amide bonds. The van der Waals surface area contributed by atoms with Gasteiger partial charge in [-0.3, -0.25) is 14.3 Å². The fraction of sp³-hybridized carbons (Fsp3) is 0.800. The summed E-state index contributed by atoms with van der Waals surface area (Å²) in [6.45, 7) is 15.8. The molecule has 9 heteroatoms. The minimum atomic E-state index is -2.14. The highest BCUT2D eigenvalue weighted by Crippen LogP contribution is 2.43.